The number of amides is 1. The van der Waals surface area contributed by atoms with E-state index in [0.29, 0.717) is 5.69 Å². The van der Waals surface area contributed by atoms with Gasteiger partial charge in [-0.3, -0.25) is 9.48 Å². The summed E-state index contributed by atoms with van der Waals surface area (Å²) in [7, 11) is 1.59. The highest BCUT2D eigenvalue weighted by molar-refractivity contribution is 6.31. The molecule has 0 aliphatic heterocycles. The highest BCUT2D eigenvalue weighted by Gasteiger charge is 2.19. The fourth-order valence-electron chi connectivity index (χ4n) is 1.73. The largest absolute Gasteiger partial charge is 0.395 e. The van der Waals surface area contributed by atoms with E-state index >= 15 is 0 Å². The van der Waals surface area contributed by atoms with Gasteiger partial charge in [0.1, 0.15) is 5.69 Å². The number of carbonyl (C=O) groups is 1. The molecular weight excluding hydrogens is 271 g/mol. The number of nitrogens with one attached hydrogen (secondary N) is 1. The molecule has 1 heterocycles. The molecule has 3 N–H and O–H groups in total. The van der Waals surface area contributed by atoms with Crippen LogP contribution in [-0.2, 0) is 7.05 Å². The molecule has 0 saturated heterocycles. The summed E-state index contributed by atoms with van der Waals surface area (Å²) in [6, 6.07) is 4.35. The van der Waals surface area contributed by atoms with Crippen LogP contribution in [0.2, 0.25) is 5.02 Å². The first-order valence-corrected chi connectivity index (χ1v) is 5.84. The molecule has 0 aliphatic carbocycles. The van der Waals surface area contributed by atoms with E-state index in [1.54, 1.807) is 20.0 Å². The van der Waals surface area contributed by atoms with Crippen LogP contribution < -0.4 is 11.1 Å². The van der Waals surface area contributed by atoms with Gasteiger partial charge in [0.15, 0.2) is 5.82 Å². The lowest BCUT2D eigenvalue weighted by molar-refractivity contribution is 0.101. The normalized spacial score (nSPS) is 10.5. The third kappa shape index (κ3) is 2.39. The second kappa shape index (κ2) is 4.89. The van der Waals surface area contributed by atoms with Crippen LogP contribution in [0.3, 0.4) is 0 Å². The van der Waals surface area contributed by atoms with Crippen molar-refractivity contribution < 1.29 is 9.18 Å². The van der Waals surface area contributed by atoms with E-state index in [1.807, 2.05) is 0 Å². The summed E-state index contributed by atoms with van der Waals surface area (Å²) in [6.45, 7) is 1.69. The predicted molar refractivity (Wildman–Crippen MR) is 71.7 cm³/mol. The number of aryl methyl sites for hydroxylation is 2. The molecule has 2 aromatic rings. The first-order chi connectivity index (χ1) is 8.91. The Balaban J connectivity index is 2.34. The van der Waals surface area contributed by atoms with Crippen LogP contribution in [0.1, 0.15) is 16.2 Å². The molecule has 0 unspecified atom stereocenters. The molecule has 19 heavy (non-hydrogen) atoms. The molecule has 0 fully saturated rings. The molecule has 5 nitrogen and oxygen atoms in total. The zero-order valence-electron chi connectivity index (χ0n) is 10.4. The minimum Gasteiger partial charge on any atom is -0.395 e. The predicted octanol–water partition coefficient (Wildman–Crippen LogP) is 2.36. The molecule has 0 aliphatic rings. The lowest BCUT2D eigenvalue weighted by Gasteiger charge is -2.08. The molecule has 100 valence electrons. The first-order valence-electron chi connectivity index (χ1n) is 5.46. The zero-order chi connectivity index (χ0) is 14.2. The Morgan fingerprint density at radius 3 is 2.79 bits per heavy atom. The van der Waals surface area contributed by atoms with Crippen LogP contribution in [0.5, 0.6) is 0 Å². The third-order valence-electron chi connectivity index (χ3n) is 2.68. The van der Waals surface area contributed by atoms with E-state index in [4.69, 9.17) is 17.3 Å². The summed E-state index contributed by atoms with van der Waals surface area (Å²) in [5.74, 6) is -1.23. The van der Waals surface area contributed by atoms with Gasteiger partial charge in [-0.2, -0.15) is 5.10 Å². The van der Waals surface area contributed by atoms with Crippen molar-refractivity contribution in [1.82, 2.24) is 9.78 Å². The maximum Gasteiger partial charge on any atom is 0.276 e. The van der Waals surface area contributed by atoms with Crippen LogP contribution in [0.25, 0.3) is 0 Å². The Hall–Kier alpha value is -2.08. The number of carbonyl (C=O) groups excluding carboxylic acids is 1. The van der Waals surface area contributed by atoms with Crippen molar-refractivity contribution in [2.45, 2.75) is 6.92 Å². The molecule has 0 spiro atoms. The number of nitrogens with zero attached hydrogens (tertiary/aromatic N) is 2. The van der Waals surface area contributed by atoms with Gasteiger partial charge in [-0.1, -0.05) is 17.7 Å². The molecule has 0 atom stereocenters. The second-order valence-electron chi connectivity index (χ2n) is 4.03. The van der Waals surface area contributed by atoms with Crippen molar-refractivity contribution in [3.05, 3.63) is 40.4 Å². The molecule has 0 bridgehead atoms. The van der Waals surface area contributed by atoms with Crippen LogP contribution in [0, 0.1) is 12.7 Å². The highest BCUT2D eigenvalue weighted by atomic mass is 35.5. The van der Waals surface area contributed by atoms with E-state index < -0.39 is 11.7 Å². The number of aromatic nitrogens is 2. The van der Waals surface area contributed by atoms with E-state index in [-0.39, 0.29) is 22.1 Å². The molecule has 0 saturated carbocycles. The Morgan fingerprint density at radius 2 is 2.21 bits per heavy atom. The number of nitrogen functional groups attached to an aromatic ring is 1. The molecule has 1 aromatic heterocycles. The smallest absolute Gasteiger partial charge is 0.276 e. The van der Waals surface area contributed by atoms with Gasteiger partial charge in [0.2, 0.25) is 0 Å². The number of nitrogens with two attached hydrogens (primary N) is 1. The van der Waals surface area contributed by atoms with Gasteiger partial charge < -0.3 is 11.1 Å². The first kappa shape index (κ1) is 13.4. The topological polar surface area (TPSA) is 72.9 Å². The van der Waals surface area contributed by atoms with Crippen LogP contribution in [0.4, 0.5) is 15.8 Å². The van der Waals surface area contributed by atoms with Crippen LogP contribution >= 0.6 is 11.6 Å². The standard InChI is InChI=1S/C12H12ClFN4O/c1-6-10(15)11(18(2)17-6)12(19)16-8-5-3-4-7(13)9(8)14/h3-5H,15H2,1-2H3,(H,16,19). The van der Waals surface area contributed by atoms with Gasteiger partial charge in [0.25, 0.3) is 5.91 Å². The number of anilines is 2. The monoisotopic (exact) mass is 282 g/mol. The zero-order valence-corrected chi connectivity index (χ0v) is 11.1. The quantitative estimate of drug-likeness (QED) is 0.888. The lowest BCUT2D eigenvalue weighted by atomic mass is 10.2. The van der Waals surface area contributed by atoms with Gasteiger partial charge in [-0.05, 0) is 19.1 Å². The van der Waals surface area contributed by atoms with Crippen molar-refractivity contribution in [3.63, 3.8) is 0 Å². The summed E-state index contributed by atoms with van der Waals surface area (Å²) >= 11 is 5.64. The van der Waals surface area contributed by atoms with E-state index in [9.17, 15) is 9.18 Å². The van der Waals surface area contributed by atoms with Crippen molar-refractivity contribution in [2.75, 3.05) is 11.1 Å². The summed E-state index contributed by atoms with van der Waals surface area (Å²) in [6.07, 6.45) is 0. The molecule has 7 heteroatoms. The average Bonchev–Trinajstić information content (AvgIpc) is 2.59. The Bertz CT molecular complexity index is 653. The van der Waals surface area contributed by atoms with Crippen molar-refractivity contribution >= 4 is 28.9 Å². The van der Waals surface area contributed by atoms with Gasteiger partial charge in [0.05, 0.1) is 22.1 Å². The van der Waals surface area contributed by atoms with Crippen LogP contribution in [-0.4, -0.2) is 15.7 Å². The number of halogens is 2. The lowest BCUT2D eigenvalue weighted by Crippen LogP contribution is -2.18. The number of hydrogen-bond acceptors (Lipinski definition) is 3. The molecule has 2 rings (SSSR count). The minimum atomic E-state index is -0.685. The molecule has 1 aromatic carbocycles. The Labute approximate surface area is 114 Å². The van der Waals surface area contributed by atoms with E-state index in [2.05, 4.69) is 10.4 Å². The summed E-state index contributed by atoms with van der Waals surface area (Å²) < 4.78 is 15.0. The Kier molecular flexibility index (Phi) is 3.44. The number of rotatable bonds is 2. The van der Waals surface area contributed by atoms with Crippen molar-refractivity contribution in [1.29, 1.82) is 0 Å². The maximum absolute atomic E-state index is 13.7. The van der Waals surface area contributed by atoms with E-state index in [1.165, 1.54) is 16.8 Å². The minimum absolute atomic E-state index is 0.00393. The van der Waals surface area contributed by atoms with Gasteiger partial charge in [-0.15, -0.1) is 0 Å². The third-order valence-corrected chi connectivity index (χ3v) is 2.98. The molecule has 1 amide bonds. The fraction of sp³-hybridized carbons (Fsp3) is 0.167. The van der Waals surface area contributed by atoms with E-state index in [0.717, 1.165) is 0 Å². The second-order valence-corrected chi connectivity index (χ2v) is 4.43. The Morgan fingerprint density at radius 1 is 1.53 bits per heavy atom. The number of hydrogen-bond donors (Lipinski definition) is 2. The fourth-order valence-corrected chi connectivity index (χ4v) is 1.90. The maximum atomic E-state index is 13.7. The van der Waals surface area contributed by atoms with Crippen molar-refractivity contribution in [2.24, 2.45) is 7.05 Å². The molecule has 0 radical (unpaired) electrons. The summed E-state index contributed by atoms with van der Waals surface area (Å²) in [5, 5.41) is 6.38. The van der Waals surface area contributed by atoms with Gasteiger partial charge >= 0.3 is 0 Å². The van der Waals surface area contributed by atoms with Gasteiger partial charge in [-0.25, -0.2) is 4.39 Å². The van der Waals surface area contributed by atoms with Gasteiger partial charge in [0, 0.05) is 7.05 Å². The van der Waals surface area contributed by atoms with Crippen LogP contribution in [0.15, 0.2) is 18.2 Å². The van der Waals surface area contributed by atoms with Crippen molar-refractivity contribution in [3.8, 4) is 0 Å². The SMILES string of the molecule is Cc1nn(C)c(C(=O)Nc2cccc(Cl)c2F)c1N. The number of benzene rings is 1. The highest BCUT2D eigenvalue weighted by Crippen LogP contribution is 2.23. The summed E-state index contributed by atoms with van der Waals surface area (Å²) in [5.41, 5.74) is 6.74. The average molecular weight is 283 g/mol. The molecular formula is C12H12ClFN4O. The summed E-state index contributed by atoms with van der Waals surface area (Å²) in [4.78, 5) is 12.1.